The summed E-state index contributed by atoms with van der Waals surface area (Å²) in [6, 6.07) is 10.5. The third-order valence-electron chi connectivity index (χ3n) is 5.07. The molecule has 0 bridgehead atoms. The minimum absolute atomic E-state index is 0.109. The van der Waals surface area contributed by atoms with Gasteiger partial charge in [-0.25, -0.2) is 0 Å². The Balaban J connectivity index is 2.03. The van der Waals surface area contributed by atoms with E-state index in [1.165, 1.54) is 31.4 Å². The molecule has 0 amide bonds. The highest BCUT2D eigenvalue weighted by Crippen LogP contribution is 2.46. The van der Waals surface area contributed by atoms with E-state index in [0.29, 0.717) is 17.8 Å². The Bertz CT molecular complexity index is 494. The van der Waals surface area contributed by atoms with Crippen molar-refractivity contribution < 1.29 is 0 Å². The van der Waals surface area contributed by atoms with Crippen LogP contribution in [0.5, 0.6) is 0 Å². The van der Waals surface area contributed by atoms with Gasteiger partial charge in [0.05, 0.1) is 12.1 Å². The van der Waals surface area contributed by atoms with Gasteiger partial charge < -0.3 is 10.6 Å². The van der Waals surface area contributed by atoms with Crippen LogP contribution in [0.4, 0.5) is 5.69 Å². The quantitative estimate of drug-likeness (QED) is 0.895. The molecule has 1 aliphatic carbocycles. The maximum absolute atomic E-state index is 6.25. The lowest BCUT2D eigenvalue weighted by Gasteiger charge is -2.49. The summed E-state index contributed by atoms with van der Waals surface area (Å²) in [4.78, 5) is 6.95. The van der Waals surface area contributed by atoms with Gasteiger partial charge in [0.25, 0.3) is 0 Å². The third-order valence-corrected chi connectivity index (χ3v) is 5.07. The van der Waals surface area contributed by atoms with Gasteiger partial charge in [0.1, 0.15) is 0 Å². The van der Waals surface area contributed by atoms with Gasteiger partial charge in [-0.15, -0.1) is 0 Å². The maximum Gasteiger partial charge on any atom is 0.196 e. The van der Waals surface area contributed by atoms with Gasteiger partial charge in [-0.2, -0.15) is 0 Å². The standard InChI is InChI=1S/C17H25N3/c1-13(2)15-10-6-7-11-17(15)12-19-16(18)20(17)14-8-4-3-5-9-14/h3-5,8-9,13,15H,6-7,10-12H2,1-2H3,(H2,18,19). The maximum atomic E-state index is 6.25. The van der Waals surface area contributed by atoms with E-state index in [9.17, 15) is 0 Å². The highest BCUT2D eigenvalue weighted by atomic mass is 15.4. The summed E-state index contributed by atoms with van der Waals surface area (Å²) < 4.78 is 0. The summed E-state index contributed by atoms with van der Waals surface area (Å²) in [5, 5.41) is 0. The lowest BCUT2D eigenvalue weighted by Crippen LogP contribution is -2.59. The van der Waals surface area contributed by atoms with Gasteiger partial charge in [0.15, 0.2) is 5.96 Å². The molecule has 3 heteroatoms. The van der Waals surface area contributed by atoms with Crippen molar-refractivity contribution in [1.82, 2.24) is 0 Å². The number of para-hydroxylation sites is 1. The van der Waals surface area contributed by atoms with Crippen LogP contribution < -0.4 is 10.6 Å². The molecule has 2 aliphatic rings. The van der Waals surface area contributed by atoms with E-state index in [1.807, 2.05) is 0 Å². The fourth-order valence-electron chi connectivity index (χ4n) is 4.23. The van der Waals surface area contributed by atoms with E-state index in [1.54, 1.807) is 0 Å². The zero-order valence-corrected chi connectivity index (χ0v) is 12.5. The second-order valence-corrected chi connectivity index (χ2v) is 6.55. The normalized spacial score (nSPS) is 30.1. The molecule has 1 spiro atoms. The number of rotatable bonds is 2. The van der Waals surface area contributed by atoms with E-state index in [4.69, 9.17) is 5.73 Å². The first-order chi connectivity index (χ1) is 9.65. The molecule has 3 nitrogen and oxygen atoms in total. The Morgan fingerprint density at radius 2 is 2.00 bits per heavy atom. The van der Waals surface area contributed by atoms with Gasteiger partial charge >= 0.3 is 0 Å². The van der Waals surface area contributed by atoms with Crippen molar-refractivity contribution in [3.05, 3.63) is 30.3 Å². The zero-order valence-electron chi connectivity index (χ0n) is 12.5. The second-order valence-electron chi connectivity index (χ2n) is 6.55. The largest absolute Gasteiger partial charge is 0.369 e. The SMILES string of the molecule is CC(C)C1CCCCC12CN=C(N)N2c1ccccc1. The van der Waals surface area contributed by atoms with Crippen LogP contribution in [-0.4, -0.2) is 18.0 Å². The molecule has 1 aromatic carbocycles. The van der Waals surface area contributed by atoms with Crippen molar-refractivity contribution in [3.63, 3.8) is 0 Å². The van der Waals surface area contributed by atoms with E-state index in [2.05, 4.69) is 54.1 Å². The fraction of sp³-hybridized carbons (Fsp3) is 0.588. The Hall–Kier alpha value is -1.51. The van der Waals surface area contributed by atoms with E-state index in [0.717, 1.165) is 6.54 Å². The number of nitrogens with zero attached hydrogens (tertiary/aromatic N) is 2. The minimum atomic E-state index is 0.109. The average molecular weight is 271 g/mol. The highest BCUT2D eigenvalue weighted by molar-refractivity contribution is 5.98. The van der Waals surface area contributed by atoms with Crippen LogP contribution in [0.25, 0.3) is 0 Å². The van der Waals surface area contributed by atoms with Crippen LogP contribution in [-0.2, 0) is 0 Å². The first kappa shape index (κ1) is 13.5. The predicted octanol–water partition coefficient (Wildman–Crippen LogP) is 3.41. The van der Waals surface area contributed by atoms with Crippen LogP contribution in [0.1, 0.15) is 39.5 Å². The molecule has 2 N–H and O–H groups in total. The molecule has 0 radical (unpaired) electrons. The van der Waals surface area contributed by atoms with Crippen molar-refractivity contribution in [1.29, 1.82) is 0 Å². The molecule has 0 saturated heterocycles. The number of benzene rings is 1. The first-order valence-corrected chi connectivity index (χ1v) is 7.80. The van der Waals surface area contributed by atoms with Crippen LogP contribution in [0, 0.1) is 11.8 Å². The van der Waals surface area contributed by atoms with E-state index >= 15 is 0 Å². The summed E-state index contributed by atoms with van der Waals surface area (Å²) >= 11 is 0. The molecular formula is C17H25N3. The molecule has 1 heterocycles. The molecule has 20 heavy (non-hydrogen) atoms. The van der Waals surface area contributed by atoms with Gasteiger partial charge in [-0.3, -0.25) is 4.99 Å². The fourth-order valence-corrected chi connectivity index (χ4v) is 4.23. The van der Waals surface area contributed by atoms with Crippen LogP contribution in [0.15, 0.2) is 35.3 Å². The lowest BCUT2D eigenvalue weighted by molar-refractivity contribution is 0.157. The summed E-state index contributed by atoms with van der Waals surface area (Å²) in [6.07, 6.45) is 5.13. The number of aliphatic imine (C=N–C) groups is 1. The predicted molar refractivity (Wildman–Crippen MR) is 84.9 cm³/mol. The summed E-state index contributed by atoms with van der Waals surface area (Å²) in [7, 11) is 0. The number of nitrogens with two attached hydrogens (primary N) is 1. The van der Waals surface area contributed by atoms with Gasteiger partial charge in [0.2, 0.25) is 0 Å². The molecule has 2 unspecified atom stereocenters. The summed E-state index contributed by atoms with van der Waals surface area (Å²) in [6.45, 7) is 5.54. The molecule has 1 saturated carbocycles. The Morgan fingerprint density at radius 1 is 1.25 bits per heavy atom. The van der Waals surface area contributed by atoms with Crippen molar-refractivity contribution in [2.75, 3.05) is 11.4 Å². The first-order valence-electron chi connectivity index (χ1n) is 7.80. The van der Waals surface area contributed by atoms with E-state index in [-0.39, 0.29) is 5.54 Å². The summed E-state index contributed by atoms with van der Waals surface area (Å²) in [5.74, 6) is 2.03. The van der Waals surface area contributed by atoms with Crippen molar-refractivity contribution in [2.24, 2.45) is 22.6 Å². The van der Waals surface area contributed by atoms with Crippen molar-refractivity contribution in [2.45, 2.75) is 45.1 Å². The Kier molecular flexibility index (Phi) is 3.45. The van der Waals surface area contributed by atoms with Crippen molar-refractivity contribution >= 4 is 11.6 Å². The number of hydrogen-bond donors (Lipinski definition) is 1. The molecule has 1 fully saturated rings. The third kappa shape index (κ3) is 2.00. The monoisotopic (exact) mass is 271 g/mol. The molecule has 0 aromatic heterocycles. The van der Waals surface area contributed by atoms with E-state index < -0.39 is 0 Å². The zero-order chi connectivity index (χ0) is 14.2. The van der Waals surface area contributed by atoms with Gasteiger partial charge in [-0.05, 0) is 36.8 Å². The van der Waals surface area contributed by atoms with Gasteiger partial charge in [0, 0.05) is 5.69 Å². The topological polar surface area (TPSA) is 41.6 Å². The van der Waals surface area contributed by atoms with Crippen LogP contribution in [0.3, 0.4) is 0 Å². The molecule has 108 valence electrons. The minimum Gasteiger partial charge on any atom is -0.369 e. The molecule has 3 rings (SSSR count). The molecular weight excluding hydrogens is 246 g/mol. The van der Waals surface area contributed by atoms with Crippen molar-refractivity contribution in [3.8, 4) is 0 Å². The molecule has 2 atom stereocenters. The van der Waals surface area contributed by atoms with Gasteiger partial charge in [-0.1, -0.05) is 44.9 Å². The Morgan fingerprint density at radius 3 is 2.70 bits per heavy atom. The van der Waals surface area contributed by atoms with Crippen LogP contribution in [0.2, 0.25) is 0 Å². The molecule has 1 aromatic rings. The Labute approximate surface area is 121 Å². The highest BCUT2D eigenvalue weighted by Gasteiger charge is 2.50. The lowest BCUT2D eigenvalue weighted by atomic mass is 9.67. The molecule has 1 aliphatic heterocycles. The average Bonchev–Trinajstić information content (AvgIpc) is 2.77. The number of guanidine groups is 1. The number of anilines is 1. The summed E-state index contributed by atoms with van der Waals surface area (Å²) in [5.41, 5.74) is 7.56. The smallest absolute Gasteiger partial charge is 0.196 e. The van der Waals surface area contributed by atoms with Crippen LogP contribution >= 0.6 is 0 Å². The number of hydrogen-bond acceptors (Lipinski definition) is 3. The second kappa shape index (κ2) is 5.12.